The molecule has 0 saturated carbocycles. The summed E-state index contributed by atoms with van der Waals surface area (Å²) in [4.78, 5) is 25.8. The Morgan fingerprint density at radius 2 is 1.83 bits per heavy atom. The molecule has 1 aliphatic heterocycles. The van der Waals surface area contributed by atoms with Crippen molar-refractivity contribution in [3.8, 4) is 0 Å². The normalized spacial score (nSPS) is 16.4. The molecule has 5 nitrogen and oxygen atoms in total. The van der Waals surface area contributed by atoms with Crippen LogP contribution in [0.2, 0.25) is 0 Å². The molecule has 1 heterocycles. The topological polar surface area (TPSA) is 75.4 Å². The lowest BCUT2D eigenvalue weighted by Crippen LogP contribution is -2.44. The molecule has 1 aromatic rings. The zero-order valence-corrected chi connectivity index (χ0v) is 14.6. The maximum atomic E-state index is 12.5. The van der Waals surface area contributed by atoms with Crippen LogP contribution in [0.5, 0.6) is 0 Å². The van der Waals surface area contributed by atoms with E-state index in [4.69, 9.17) is 5.73 Å². The number of likely N-dealkylation sites (tertiary alicyclic amines) is 1. The summed E-state index contributed by atoms with van der Waals surface area (Å²) in [5.41, 5.74) is 7.99. The molecule has 23 heavy (non-hydrogen) atoms. The van der Waals surface area contributed by atoms with Crippen LogP contribution in [0, 0.1) is 6.92 Å². The van der Waals surface area contributed by atoms with Crippen molar-refractivity contribution >= 4 is 24.2 Å². The number of nitrogens with two attached hydrogens (primary N) is 1. The highest BCUT2D eigenvalue weighted by Gasteiger charge is 2.24. The van der Waals surface area contributed by atoms with Crippen LogP contribution in [-0.4, -0.2) is 35.8 Å². The number of rotatable bonds is 4. The van der Waals surface area contributed by atoms with E-state index in [1.165, 1.54) is 6.92 Å². The minimum atomic E-state index is -0.277. The van der Waals surface area contributed by atoms with Crippen molar-refractivity contribution in [3.63, 3.8) is 0 Å². The molecule has 6 heteroatoms. The van der Waals surface area contributed by atoms with Gasteiger partial charge >= 0.3 is 0 Å². The largest absolute Gasteiger partial charge is 0.349 e. The van der Waals surface area contributed by atoms with Gasteiger partial charge in [-0.05, 0) is 25.3 Å². The van der Waals surface area contributed by atoms with E-state index in [0.717, 1.165) is 24.0 Å². The van der Waals surface area contributed by atoms with Crippen molar-refractivity contribution < 1.29 is 9.59 Å². The molecule has 0 spiro atoms. The third-order valence-electron chi connectivity index (χ3n) is 4.13. The highest BCUT2D eigenvalue weighted by Crippen LogP contribution is 2.20. The zero-order valence-electron chi connectivity index (χ0n) is 13.7. The zero-order chi connectivity index (χ0) is 16.1. The first-order valence-electron chi connectivity index (χ1n) is 7.82. The van der Waals surface area contributed by atoms with Crippen LogP contribution >= 0.6 is 12.4 Å². The Hall–Kier alpha value is -1.59. The lowest BCUT2D eigenvalue weighted by atomic mass is 10.00. The van der Waals surface area contributed by atoms with Gasteiger partial charge in [-0.15, -0.1) is 12.4 Å². The third kappa shape index (κ3) is 5.84. The molecule has 0 radical (unpaired) electrons. The highest BCUT2D eigenvalue weighted by atomic mass is 35.5. The second-order valence-electron chi connectivity index (χ2n) is 6.09. The van der Waals surface area contributed by atoms with Crippen molar-refractivity contribution in [3.05, 3.63) is 35.4 Å². The molecular formula is C17H26ClN3O2. The van der Waals surface area contributed by atoms with Gasteiger partial charge in [0.2, 0.25) is 11.8 Å². The molecule has 0 bridgehead atoms. The van der Waals surface area contributed by atoms with Gasteiger partial charge in [0.15, 0.2) is 0 Å². The SMILES string of the molecule is CC(=O)NC(CC(=O)N1CCC(N)CC1)c1ccc(C)cc1.Cl. The molecule has 1 aliphatic rings. The average Bonchev–Trinajstić information content (AvgIpc) is 2.47. The highest BCUT2D eigenvalue weighted by molar-refractivity contribution is 5.85. The van der Waals surface area contributed by atoms with Crippen molar-refractivity contribution in [2.45, 2.75) is 45.2 Å². The molecule has 2 amide bonds. The van der Waals surface area contributed by atoms with Gasteiger partial charge in [0.25, 0.3) is 0 Å². The molecule has 1 unspecified atom stereocenters. The van der Waals surface area contributed by atoms with Crippen LogP contribution in [0.15, 0.2) is 24.3 Å². The number of hydrogen-bond donors (Lipinski definition) is 2. The Bertz CT molecular complexity index is 525. The monoisotopic (exact) mass is 339 g/mol. The van der Waals surface area contributed by atoms with Crippen LogP contribution in [-0.2, 0) is 9.59 Å². The van der Waals surface area contributed by atoms with Crippen LogP contribution in [0.3, 0.4) is 0 Å². The number of piperidine rings is 1. The van der Waals surface area contributed by atoms with Gasteiger partial charge in [-0.25, -0.2) is 0 Å². The first-order valence-corrected chi connectivity index (χ1v) is 7.82. The maximum absolute atomic E-state index is 12.5. The van der Waals surface area contributed by atoms with E-state index >= 15 is 0 Å². The molecule has 1 aromatic carbocycles. The minimum Gasteiger partial charge on any atom is -0.349 e. The quantitative estimate of drug-likeness (QED) is 0.880. The first-order chi connectivity index (χ1) is 10.5. The van der Waals surface area contributed by atoms with Gasteiger partial charge in [0.1, 0.15) is 0 Å². The summed E-state index contributed by atoms with van der Waals surface area (Å²) >= 11 is 0. The molecule has 3 N–H and O–H groups in total. The molecular weight excluding hydrogens is 314 g/mol. The Labute approximate surface area is 144 Å². The van der Waals surface area contributed by atoms with Crippen LogP contribution in [0.1, 0.15) is 43.4 Å². The Morgan fingerprint density at radius 1 is 1.26 bits per heavy atom. The van der Waals surface area contributed by atoms with Gasteiger partial charge in [-0.3, -0.25) is 9.59 Å². The predicted molar refractivity (Wildman–Crippen MR) is 93.4 cm³/mol. The van der Waals surface area contributed by atoms with E-state index in [2.05, 4.69) is 5.32 Å². The van der Waals surface area contributed by atoms with Gasteiger partial charge in [-0.2, -0.15) is 0 Å². The summed E-state index contributed by atoms with van der Waals surface area (Å²) in [6, 6.07) is 7.85. The Kier molecular flexibility index (Phi) is 7.52. The fourth-order valence-corrected chi connectivity index (χ4v) is 2.75. The molecule has 2 rings (SSSR count). The Balaban J connectivity index is 0.00000264. The lowest BCUT2D eigenvalue weighted by molar-refractivity contribution is -0.133. The van der Waals surface area contributed by atoms with Crippen LogP contribution in [0.25, 0.3) is 0 Å². The standard InChI is InChI=1S/C17H25N3O2.ClH/c1-12-3-5-14(6-4-12)16(19-13(2)21)11-17(22)20-9-7-15(18)8-10-20;/h3-6,15-16H,7-11,18H2,1-2H3,(H,19,21);1H. The Morgan fingerprint density at radius 3 is 2.35 bits per heavy atom. The lowest BCUT2D eigenvalue weighted by Gasteiger charge is -2.31. The van der Waals surface area contributed by atoms with E-state index in [1.807, 2.05) is 36.1 Å². The predicted octanol–water partition coefficient (Wildman–Crippen LogP) is 1.93. The third-order valence-corrected chi connectivity index (χ3v) is 4.13. The molecule has 0 aliphatic carbocycles. The molecule has 1 atom stereocenters. The number of nitrogens with one attached hydrogen (secondary N) is 1. The summed E-state index contributed by atoms with van der Waals surface area (Å²) in [5.74, 6) is -0.0507. The average molecular weight is 340 g/mol. The van der Waals surface area contributed by atoms with Gasteiger partial charge < -0.3 is 16.0 Å². The van der Waals surface area contributed by atoms with Crippen molar-refractivity contribution in [2.24, 2.45) is 5.73 Å². The summed E-state index contributed by atoms with van der Waals surface area (Å²) in [5, 5.41) is 2.88. The number of carbonyl (C=O) groups is 2. The molecule has 0 aromatic heterocycles. The van der Waals surface area contributed by atoms with E-state index in [9.17, 15) is 9.59 Å². The van der Waals surface area contributed by atoms with Gasteiger partial charge in [0.05, 0.1) is 12.5 Å². The van der Waals surface area contributed by atoms with Crippen LogP contribution in [0.4, 0.5) is 0 Å². The summed E-state index contributed by atoms with van der Waals surface area (Å²) in [7, 11) is 0. The fourth-order valence-electron chi connectivity index (χ4n) is 2.75. The van der Waals surface area contributed by atoms with Gasteiger partial charge in [0, 0.05) is 26.1 Å². The molecule has 1 fully saturated rings. The van der Waals surface area contributed by atoms with E-state index in [1.54, 1.807) is 0 Å². The fraction of sp³-hybridized carbons (Fsp3) is 0.529. The molecule has 128 valence electrons. The number of halogens is 1. The summed E-state index contributed by atoms with van der Waals surface area (Å²) < 4.78 is 0. The minimum absolute atomic E-state index is 0. The second kappa shape index (κ2) is 8.89. The summed E-state index contributed by atoms with van der Waals surface area (Å²) in [6.07, 6.45) is 1.99. The van der Waals surface area contributed by atoms with E-state index in [0.29, 0.717) is 13.1 Å². The number of carbonyl (C=O) groups excluding carboxylic acids is 2. The smallest absolute Gasteiger partial charge is 0.224 e. The van der Waals surface area contributed by atoms with Crippen molar-refractivity contribution in [1.29, 1.82) is 0 Å². The van der Waals surface area contributed by atoms with Crippen LogP contribution < -0.4 is 11.1 Å². The summed E-state index contributed by atoms with van der Waals surface area (Å²) in [6.45, 7) is 4.91. The number of hydrogen-bond acceptors (Lipinski definition) is 3. The van der Waals surface area contributed by atoms with Crippen molar-refractivity contribution in [2.75, 3.05) is 13.1 Å². The number of benzene rings is 1. The van der Waals surface area contributed by atoms with E-state index < -0.39 is 0 Å². The number of nitrogens with zero attached hydrogens (tertiary/aromatic N) is 1. The number of aryl methyl sites for hydroxylation is 1. The second-order valence-corrected chi connectivity index (χ2v) is 6.09. The van der Waals surface area contributed by atoms with E-state index in [-0.39, 0.29) is 42.7 Å². The molecule has 1 saturated heterocycles. The number of amides is 2. The van der Waals surface area contributed by atoms with Gasteiger partial charge in [-0.1, -0.05) is 29.8 Å². The van der Waals surface area contributed by atoms with Crippen molar-refractivity contribution in [1.82, 2.24) is 10.2 Å². The first kappa shape index (κ1) is 19.5. The maximum Gasteiger partial charge on any atom is 0.224 e.